The Morgan fingerprint density at radius 3 is 2.65 bits per heavy atom. The number of aliphatic hydroxyl groups excluding tert-OH is 1. The van der Waals surface area contributed by atoms with Crippen LogP contribution in [-0.4, -0.2) is 33.8 Å². The highest BCUT2D eigenvalue weighted by molar-refractivity contribution is 7.89. The zero-order valence-electron chi connectivity index (χ0n) is 11.2. The van der Waals surface area contributed by atoms with Gasteiger partial charge in [-0.15, -0.1) is 0 Å². The lowest BCUT2D eigenvalue weighted by Gasteiger charge is -2.15. The van der Waals surface area contributed by atoms with E-state index in [1.165, 1.54) is 25.3 Å². The number of methoxy groups -OCH3 is 1. The average molecular weight is 320 g/mol. The number of hydrogen-bond acceptors (Lipinski definition) is 4. The van der Waals surface area contributed by atoms with Crippen molar-refractivity contribution in [3.05, 3.63) is 23.2 Å². The van der Waals surface area contributed by atoms with Gasteiger partial charge >= 0.3 is 0 Å². The molecule has 1 aromatic carbocycles. The van der Waals surface area contributed by atoms with E-state index in [0.717, 1.165) is 12.8 Å². The Morgan fingerprint density at radius 1 is 1.45 bits per heavy atom. The number of ether oxygens (including phenoxy) is 1. The Bertz CT molecular complexity index is 584. The molecule has 2 rings (SSSR count). The Kier molecular flexibility index (Phi) is 4.59. The first-order chi connectivity index (χ1) is 9.42. The van der Waals surface area contributed by atoms with E-state index in [2.05, 4.69) is 4.72 Å². The summed E-state index contributed by atoms with van der Waals surface area (Å²) in [6, 6.07) is 4.35. The van der Waals surface area contributed by atoms with Crippen LogP contribution in [0.3, 0.4) is 0 Å². The number of halogens is 1. The van der Waals surface area contributed by atoms with Gasteiger partial charge in [-0.2, -0.15) is 0 Å². The van der Waals surface area contributed by atoms with Gasteiger partial charge in [-0.25, -0.2) is 13.1 Å². The third-order valence-electron chi connectivity index (χ3n) is 3.67. The summed E-state index contributed by atoms with van der Waals surface area (Å²) in [4.78, 5) is 0.114. The predicted octanol–water partition coefficient (Wildman–Crippen LogP) is 1.79. The molecule has 0 spiro atoms. The van der Waals surface area contributed by atoms with Gasteiger partial charge in [0.05, 0.1) is 17.0 Å². The first-order valence-electron chi connectivity index (χ1n) is 6.36. The second kappa shape index (κ2) is 5.89. The van der Waals surface area contributed by atoms with Crippen LogP contribution in [0.15, 0.2) is 23.1 Å². The number of nitrogens with one attached hydrogen (secondary N) is 1. The minimum atomic E-state index is -3.59. The van der Waals surface area contributed by atoms with E-state index in [-0.39, 0.29) is 21.9 Å². The van der Waals surface area contributed by atoms with Crippen molar-refractivity contribution in [1.82, 2.24) is 4.72 Å². The zero-order valence-corrected chi connectivity index (χ0v) is 12.8. The molecule has 0 amide bonds. The van der Waals surface area contributed by atoms with Gasteiger partial charge in [0.2, 0.25) is 10.0 Å². The number of benzene rings is 1. The predicted molar refractivity (Wildman–Crippen MR) is 76.6 cm³/mol. The van der Waals surface area contributed by atoms with Crippen LogP contribution in [0, 0.1) is 5.41 Å². The summed E-state index contributed by atoms with van der Waals surface area (Å²) in [5, 5.41) is 9.23. The van der Waals surface area contributed by atoms with Gasteiger partial charge in [-0.05, 0) is 42.9 Å². The normalized spacial score (nSPS) is 16.9. The fourth-order valence-corrected chi connectivity index (χ4v) is 3.58. The van der Waals surface area contributed by atoms with Crippen LogP contribution < -0.4 is 9.46 Å². The number of sulfonamides is 1. The lowest BCUT2D eigenvalue weighted by Crippen LogP contribution is -2.30. The largest absolute Gasteiger partial charge is 0.495 e. The summed E-state index contributed by atoms with van der Waals surface area (Å²) >= 11 is 5.94. The Hall–Kier alpha value is -0.820. The van der Waals surface area contributed by atoms with Crippen LogP contribution in [0.4, 0.5) is 0 Å². The molecule has 0 saturated heterocycles. The molecule has 1 aromatic rings. The summed E-state index contributed by atoms with van der Waals surface area (Å²) in [6.45, 7) is 0.426. The van der Waals surface area contributed by atoms with Crippen LogP contribution in [0.1, 0.15) is 19.3 Å². The molecule has 20 heavy (non-hydrogen) atoms. The average Bonchev–Trinajstić information content (AvgIpc) is 3.17. The molecule has 0 aromatic heterocycles. The van der Waals surface area contributed by atoms with Crippen molar-refractivity contribution in [3.63, 3.8) is 0 Å². The summed E-state index contributed by atoms with van der Waals surface area (Å²) in [5.41, 5.74) is -0.0713. The highest BCUT2D eigenvalue weighted by Crippen LogP contribution is 2.48. The molecular weight excluding hydrogens is 302 g/mol. The summed E-state index contributed by atoms with van der Waals surface area (Å²) in [6.07, 6.45) is 2.51. The summed E-state index contributed by atoms with van der Waals surface area (Å²) in [5.74, 6) is 0.435. The van der Waals surface area contributed by atoms with Gasteiger partial charge in [0.1, 0.15) is 5.75 Å². The van der Waals surface area contributed by atoms with E-state index in [9.17, 15) is 8.42 Å². The molecule has 1 aliphatic rings. The molecule has 0 heterocycles. The smallest absolute Gasteiger partial charge is 0.240 e. The van der Waals surface area contributed by atoms with Crippen LogP contribution in [0.25, 0.3) is 0 Å². The van der Waals surface area contributed by atoms with Crippen molar-refractivity contribution < 1.29 is 18.3 Å². The van der Waals surface area contributed by atoms with Crippen LogP contribution in [-0.2, 0) is 10.0 Å². The topological polar surface area (TPSA) is 75.6 Å². The Morgan fingerprint density at radius 2 is 2.15 bits per heavy atom. The highest BCUT2D eigenvalue weighted by Gasteiger charge is 2.42. The molecule has 1 fully saturated rings. The molecule has 7 heteroatoms. The number of hydrogen-bond donors (Lipinski definition) is 2. The quantitative estimate of drug-likeness (QED) is 0.803. The molecule has 1 aliphatic carbocycles. The lowest BCUT2D eigenvalue weighted by molar-refractivity contribution is 0.249. The molecule has 1 saturated carbocycles. The van der Waals surface area contributed by atoms with Gasteiger partial charge in [0.25, 0.3) is 0 Å². The monoisotopic (exact) mass is 319 g/mol. The highest BCUT2D eigenvalue weighted by atomic mass is 35.5. The van der Waals surface area contributed by atoms with Crippen molar-refractivity contribution in [2.45, 2.75) is 24.2 Å². The summed E-state index contributed by atoms with van der Waals surface area (Å²) < 4.78 is 32.0. The zero-order chi connectivity index (χ0) is 14.8. The van der Waals surface area contributed by atoms with Crippen molar-refractivity contribution >= 4 is 21.6 Å². The molecule has 0 unspecified atom stereocenters. The minimum absolute atomic E-state index is 0.0713. The van der Waals surface area contributed by atoms with E-state index in [4.69, 9.17) is 21.4 Å². The van der Waals surface area contributed by atoms with Crippen LogP contribution in [0.5, 0.6) is 5.75 Å². The van der Waals surface area contributed by atoms with Gasteiger partial charge < -0.3 is 9.84 Å². The van der Waals surface area contributed by atoms with E-state index in [0.29, 0.717) is 18.7 Å². The fourth-order valence-electron chi connectivity index (χ4n) is 2.07. The second-order valence-electron chi connectivity index (χ2n) is 5.09. The molecule has 0 radical (unpaired) electrons. The maximum Gasteiger partial charge on any atom is 0.240 e. The molecule has 2 N–H and O–H groups in total. The lowest BCUT2D eigenvalue weighted by atomic mass is 10.0. The summed E-state index contributed by atoms with van der Waals surface area (Å²) in [7, 11) is -2.12. The van der Waals surface area contributed by atoms with Gasteiger partial charge in [-0.1, -0.05) is 11.6 Å². The maximum atomic E-state index is 12.2. The third-order valence-corrected chi connectivity index (χ3v) is 5.36. The van der Waals surface area contributed by atoms with E-state index < -0.39 is 10.0 Å². The van der Waals surface area contributed by atoms with E-state index >= 15 is 0 Å². The first-order valence-corrected chi connectivity index (χ1v) is 8.23. The first kappa shape index (κ1) is 15.6. The SMILES string of the molecule is COc1ccc(S(=O)(=O)NCC2(CCO)CC2)cc1Cl. The maximum absolute atomic E-state index is 12.2. The number of rotatable bonds is 7. The molecule has 112 valence electrons. The van der Waals surface area contributed by atoms with Crippen molar-refractivity contribution in [2.24, 2.45) is 5.41 Å². The van der Waals surface area contributed by atoms with Crippen LogP contribution in [0.2, 0.25) is 5.02 Å². The Labute approximate surface area is 124 Å². The molecule has 0 bridgehead atoms. The molecule has 0 aliphatic heterocycles. The second-order valence-corrected chi connectivity index (χ2v) is 7.27. The molecule has 0 atom stereocenters. The van der Waals surface area contributed by atoms with Crippen molar-refractivity contribution in [1.29, 1.82) is 0 Å². The minimum Gasteiger partial charge on any atom is -0.495 e. The van der Waals surface area contributed by atoms with E-state index in [1.54, 1.807) is 0 Å². The van der Waals surface area contributed by atoms with Crippen molar-refractivity contribution in [3.8, 4) is 5.75 Å². The molecule has 5 nitrogen and oxygen atoms in total. The molecular formula is C13H18ClNO4S. The third kappa shape index (κ3) is 3.44. The van der Waals surface area contributed by atoms with Crippen LogP contribution >= 0.6 is 11.6 Å². The fraction of sp³-hybridized carbons (Fsp3) is 0.538. The van der Waals surface area contributed by atoms with Gasteiger partial charge in [0.15, 0.2) is 0 Å². The number of aliphatic hydroxyl groups is 1. The van der Waals surface area contributed by atoms with E-state index in [1.807, 2.05) is 0 Å². The van der Waals surface area contributed by atoms with Gasteiger partial charge in [0, 0.05) is 13.2 Å². The Balaban J connectivity index is 2.09. The van der Waals surface area contributed by atoms with Crippen molar-refractivity contribution in [2.75, 3.05) is 20.3 Å². The standard InChI is InChI=1S/C13H18ClNO4S/c1-19-12-3-2-10(8-11(12)14)20(17,18)15-9-13(4-5-13)6-7-16/h2-3,8,15-16H,4-7,9H2,1H3. The van der Waals surface area contributed by atoms with Gasteiger partial charge in [-0.3, -0.25) is 0 Å².